The number of halogens is 2. The van der Waals surface area contributed by atoms with Crippen LogP contribution in [0, 0.1) is 5.82 Å². The Labute approximate surface area is 188 Å². The lowest BCUT2D eigenvalue weighted by molar-refractivity contribution is 0.138. The number of hydrogen-bond acceptors (Lipinski definition) is 8. The van der Waals surface area contributed by atoms with Gasteiger partial charge < -0.3 is 29.6 Å². The van der Waals surface area contributed by atoms with Crippen molar-refractivity contribution in [2.75, 3.05) is 31.0 Å². The number of fused-ring (bicyclic) bond motifs is 2. The predicted octanol–water partition coefficient (Wildman–Crippen LogP) is 4.91. The van der Waals surface area contributed by atoms with Crippen LogP contribution in [0.1, 0.15) is 12.0 Å². The standard InChI is InChI=1S/C22H20ClFN4O4/c1-29-17-8-16-12(7-18(17)31-13-5-6-30-10-13)9-25-20-21(26-11-27-22(20)32-16)28-15-4-2-3-14(23)19(15)24/h2-4,7-8,11,13,25H,5-6,9-10H2,1H3,(H,26,27,28). The van der Waals surface area contributed by atoms with E-state index in [-0.39, 0.29) is 16.8 Å². The molecule has 1 atom stereocenters. The van der Waals surface area contributed by atoms with Gasteiger partial charge in [-0.2, -0.15) is 4.98 Å². The van der Waals surface area contributed by atoms with Crippen molar-refractivity contribution in [3.05, 3.63) is 53.1 Å². The van der Waals surface area contributed by atoms with Crippen LogP contribution < -0.4 is 24.8 Å². The lowest BCUT2D eigenvalue weighted by atomic mass is 10.1. The number of aromatic nitrogens is 2. The molecule has 1 saturated heterocycles. The van der Waals surface area contributed by atoms with Crippen molar-refractivity contribution >= 4 is 28.8 Å². The van der Waals surface area contributed by atoms with Crippen molar-refractivity contribution in [2.45, 2.75) is 19.1 Å². The van der Waals surface area contributed by atoms with E-state index in [1.807, 2.05) is 6.07 Å². The number of nitrogens with one attached hydrogen (secondary N) is 2. The minimum atomic E-state index is -0.568. The highest BCUT2D eigenvalue weighted by atomic mass is 35.5. The van der Waals surface area contributed by atoms with Crippen LogP contribution in [0.5, 0.6) is 23.1 Å². The molecular weight excluding hydrogens is 439 g/mol. The normalized spacial score (nSPS) is 16.8. The summed E-state index contributed by atoms with van der Waals surface area (Å²) in [5.74, 6) is 1.82. The topological polar surface area (TPSA) is 86.8 Å². The van der Waals surface area contributed by atoms with E-state index < -0.39 is 5.82 Å². The van der Waals surface area contributed by atoms with Crippen LogP contribution in [0.4, 0.5) is 21.6 Å². The van der Waals surface area contributed by atoms with Gasteiger partial charge in [-0.25, -0.2) is 9.37 Å². The summed E-state index contributed by atoms with van der Waals surface area (Å²) in [6.45, 7) is 1.63. The van der Waals surface area contributed by atoms with E-state index in [4.69, 9.17) is 30.5 Å². The SMILES string of the molecule is COc1cc2c(cc1OC1CCOC1)CNc1c(Nc3cccc(Cl)c3F)ncnc1O2. The molecule has 1 fully saturated rings. The van der Waals surface area contributed by atoms with Crippen LogP contribution in [-0.2, 0) is 11.3 Å². The summed E-state index contributed by atoms with van der Waals surface area (Å²) in [4.78, 5) is 8.48. The van der Waals surface area contributed by atoms with Crippen molar-refractivity contribution in [3.8, 4) is 23.1 Å². The zero-order valence-electron chi connectivity index (χ0n) is 17.2. The molecule has 3 aromatic rings. The van der Waals surface area contributed by atoms with Crippen molar-refractivity contribution in [1.29, 1.82) is 0 Å². The molecule has 0 bridgehead atoms. The molecule has 0 aliphatic carbocycles. The van der Waals surface area contributed by atoms with Crippen molar-refractivity contribution in [2.24, 2.45) is 0 Å². The molecule has 2 aromatic carbocycles. The van der Waals surface area contributed by atoms with Crippen molar-refractivity contribution in [1.82, 2.24) is 9.97 Å². The largest absolute Gasteiger partial charge is 0.493 e. The number of benzene rings is 2. The molecule has 2 aliphatic heterocycles. The Morgan fingerprint density at radius 2 is 2.16 bits per heavy atom. The molecule has 2 aliphatic rings. The van der Waals surface area contributed by atoms with E-state index in [0.29, 0.717) is 54.4 Å². The zero-order valence-corrected chi connectivity index (χ0v) is 17.9. The molecular formula is C22H20ClFN4O4. The number of nitrogens with zero attached hydrogens (tertiary/aromatic N) is 2. The van der Waals surface area contributed by atoms with E-state index in [9.17, 15) is 4.39 Å². The molecule has 0 amide bonds. The van der Waals surface area contributed by atoms with Gasteiger partial charge >= 0.3 is 0 Å². The second-order valence-corrected chi connectivity index (χ2v) is 7.71. The number of hydrogen-bond donors (Lipinski definition) is 2. The minimum Gasteiger partial charge on any atom is -0.493 e. The van der Waals surface area contributed by atoms with E-state index in [1.54, 1.807) is 25.3 Å². The van der Waals surface area contributed by atoms with E-state index in [1.165, 1.54) is 12.4 Å². The molecule has 2 N–H and O–H groups in total. The Bertz CT molecular complexity index is 1160. The van der Waals surface area contributed by atoms with Gasteiger partial charge in [0.1, 0.15) is 23.9 Å². The van der Waals surface area contributed by atoms with E-state index in [2.05, 4.69) is 20.6 Å². The van der Waals surface area contributed by atoms with Crippen LogP contribution in [0.15, 0.2) is 36.7 Å². The van der Waals surface area contributed by atoms with Gasteiger partial charge in [-0.3, -0.25) is 0 Å². The molecule has 1 aromatic heterocycles. The average Bonchev–Trinajstić information content (AvgIpc) is 3.23. The minimum absolute atomic E-state index is 0.0130. The quantitative estimate of drug-likeness (QED) is 0.558. The third kappa shape index (κ3) is 3.96. The van der Waals surface area contributed by atoms with Gasteiger partial charge in [0.05, 0.1) is 31.0 Å². The molecule has 1 unspecified atom stereocenters. The van der Waals surface area contributed by atoms with Crippen LogP contribution in [0.25, 0.3) is 0 Å². The van der Waals surface area contributed by atoms with Crippen LogP contribution in [0.3, 0.4) is 0 Å². The summed E-state index contributed by atoms with van der Waals surface area (Å²) >= 11 is 5.89. The van der Waals surface area contributed by atoms with Crippen molar-refractivity contribution in [3.63, 3.8) is 0 Å². The maximum Gasteiger partial charge on any atom is 0.248 e. The second-order valence-electron chi connectivity index (χ2n) is 7.30. The lowest BCUT2D eigenvalue weighted by Gasteiger charge is -2.17. The molecule has 3 heterocycles. The van der Waals surface area contributed by atoms with Crippen molar-refractivity contribution < 1.29 is 23.3 Å². The first kappa shape index (κ1) is 20.6. The first-order valence-corrected chi connectivity index (χ1v) is 10.4. The lowest BCUT2D eigenvalue weighted by Crippen LogP contribution is -2.16. The zero-order chi connectivity index (χ0) is 22.1. The maximum atomic E-state index is 14.4. The van der Waals surface area contributed by atoms with Crippen LogP contribution in [-0.4, -0.2) is 36.4 Å². The Balaban J connectivity index is 1.45. The molecule has 32 heavy (non-hydrogen) atoms. The Hall–Kier alpha value is -3.30. The van der Waals surface area contributed by atoms with Gasteiger partial charge in [-0.15, -0.1) is 0 Å². The second kappa shape index (κ2) is 8.68. The van der Waals surface area contributed by atoms with Gasteiger partial charge in [0.25, 0.3) is 0 Å². The maximum absolute atomic E-state index is 14.4. The fourth-order valence-corrected chi connectivity index (χ4v) is 3.74. The van der Waals surface area contributed by atoms with Crippen LogP contribution in [0.2, 0.25) is 5.02 Å². The molecule has 0 saturated carbocycles. The number of ether oxygens (including phenoxy) is 4. The van der Waals surface area contributed by atoms with Gasteiger partial charge in [0, 0.05) is 24.6 Å². The average molecular weight is 459 g/mol. The summed E-state index contributed by atoms with van der Waals surface area (Å²) < 4.78 is 37.4. The summed E-state index contributed by atoms with van der Waals surface area (Å²) in [6, 6.07) is 8.34. The number of anilines is 3. The molecule has 0 spiro atoms. The summed E-state index contributed by atoms with van der Waals surface area (Å²) in [5, 5.41) is 6.25. The highest BCUT2D eigenvalue weighted by Crippen LogP contribution is 2.43. The molecule has 5 rings (SSSR count). The summed E-state index contributed by atoms with van der Waals surface area (Å²) in [6.07, 6.45) is 2.14. The Kier molecular flexibility index (Phi) is 5.59. The molecule has 166 valence electrons. The third-order valence-corrected chi connectivity index (χ3v) is 5.50. The number of methoxy groups -OCH3 is 1. The number of rotatable bonds is 5. The summed E-state index contributed by atoms with van der Waals surface area (Å²) in [7, 11) is 1.58. The fourth-order valence-electron chi connectivity index (χ4n) is 3.57. The highest BCUT2D eigenvalue weighted by molar-refractivity contribution is 6.31. The molecule has 10 heteroatoms. The third-order valence-electron chi connectivity index (χ3n) is 5.21. The Morgan fingerprint density at radius 1 is 1.25 bits per heavy atom. The van der Waals surface area contributed by atoms with Gasteiger partial charge in [0.2, 0.25) is 5.88 Å². The predicted molar refractivity (Wildman–Crippen MR) is 117 cm³/mol. The molecule has 8 nitrogen and oxygen atoms in total. The smallest absolute Gasteiger partial charge is 0.248 e. The first-order valence-electron chi connectivity index (χ1n) is 10.1. The highest BCUT2D eigenvalue weighted by Gasteiger charge is 2.25. The monoisotopic (exact) mass is 458 g/mol. The summed E-state index contributed by atoms with van der Waals surface area (Å²) in [5.41, 5.74) is 1.53. The molecule has 0 radical (unpaired) electrons. The fraction of sp³-hybridized carbons (Fsp3) is 0.273. The van der Waals surface area contributed by atoms with E-state index >= 15 is 0 Å². The Morgan fingerprint density at radius 3 is 2.97 bits per heavy atom. The van der Waals surface area contributed by atoms with Gasteiger partial charge in [0.15, 0.2) is 23.1 Å². The van der Waals surface area contributed by atoms with Gasteiger partial charge in [-0.1, -0.05) is 17.7 Å². The first-order chi connectivity index (χ1) is 15.6. The van der Waals surface area contributed by atoms with Crippen LogP contribution >= 0.6 is 11.6 Å². The van der Waals surface area contributed by atoms with E-state index in [0.717, 1.165) is 12.0 Å². The van der Waals surface area contributed by atoms with Gasteiger partial charge in [-0.05, 0) is 18.2 Å².